The van der Waals surface area contributed by atoms with Crippen LogP contribution in [0, 0.1) is 17.8 Å². The zero-order chi connectivity index (χ0) is 20.8. The molecule has 2 saturated heterocycles. The average molecular weight is 420 g/mol. The van der Waals surface area contributed by atoms with E-state index in [9.17, 15) is 0 Å². The summed E-state index contributed by atoms with van der Waals surface area (Å²) in [4.78, 5) is 5.22. The summed E-state index contributed by atoms with van der Waals surface area (Å²) >= 11 is 6.61. The van der Waals surface area contributed by atoms with Gasteiger partial charge in [-0.1, -0.05) is 37.5 Å². The van der Waals surface area contributed by atoms with Crippen molar-refractivity contribution >= 4 is 11.6 Å². The number of rotatable bonds is 5. The summed E-state index contributed by atoms with van der Waals surface area (Å²) in [5.41, 5.74) is 3.51. The van der Waals surface area contributed by atoms with Crippen LogP contribution in [-0.4, -0.2) is 57.5 Å². The van der Waals surface area contributed by atoms with Crippen molar-refractivity contribution in [3.63, 3.8) is 0 Å². The predicted octanol–water partition coefficient (Wildman–Crippen LogP) is 4.37. The summed E-state index contributed by atoms with van der Waals surface area (Å²) in [6.45, 7) is 15.7. The zero-order valence-electron chi connectivity index (χ0n) is 18.5. The number of nitrogens with zero attached hydrogens (tertiary/aromatic N) is 5. The summed E-state index contributed by atoms with van der Waals surface area (Å²) in [5, 5.41) is 9.47. The number of likely N-dealkylation sites (tertiary alicyclic amines) is 2. The summed E-state index contributed by atoms with van der Waals surface area (Å²) in [6, 6.07) is 1.93. The topological polar surface area (TPSA) is 50.3 Å². The Kier molecular flexibility index (Phi) is 5.55. The van der Waals surface area contributed by atoms with Crippen LogP contribution in [-0.2, 0) is 13.6 Å². The molecular weight excluding hydrogens is 386 g/mol. The third-order valence-corrected chi connectivity index (χ3v) is 7.01. The minimum atomic E-state index is 0.407. The van der Waals surface area contributed by atoms with Gasteiger partial charge in [-0.3, -0.25) is 9.58 Å². The van der Waals surface area contributed by atoms with Crippen LogP contribution in [0.2, 0.25) is 5.15 Å². The molecule has 2 aromatic heterocycles. The highest BCUT2D eigenvalue weighted by atomic mass is 35.5. The van der Waals surface area contributed by atoms with Crippen molar-refractivity contribution in [3.05, 3.63) is 22.5 Å². The lowest BCUT2D eigenvalue weighted by atomic mass is 9.86. The van der Waals surface area contributed by atoms with Crippen LogP contribution in [0.4, 0.5) is 0 Å². The lowest BCUT2D eigenvalue weighted by Gasteiger charge is -2.27. The van der Waals surface area contributed by atoms with Gasteiger partial charge in [-0.25, -0.2) is 0 Å². The Morgan fingerprint density at radius 3 is 2.52 bits per heavy atom. The van der Waals surface area contributed by atoms with Gasteiger partial charge in [-0.05, 0) is 56.7 Å². The van der Waals surface area contributed by atoms with Crippen molar-refractivity contribution in [1.29, 1.82) is 0 Å². The molecule has 2 fully saturated rings. The van der Waals surface area contributed by atoms with Gasteiger partial charge >= 0.3 is 0 Å². The quantitative estimate of drug-likeness (QED) is 0.720. The van der Waals surface area contributed by atoms with Crippen molar-refractivity contribution in [2.75, 3.05) is 32.7 Å². The standard InChI is InChI=1S/C22H34ClN5O/c1-16-12-18(25-29-16)19-17(20(23)26(5)24-19)13-28-11-8-22(15-28)7-10-27(14-22)9-6-21(2,3)4/h12H,6-11,13-15H2,1-5H3. The van der Waals surface area contributed by atoms with Gasteiger partial charge in [0.05, 0.1) is 0 Å². The molecule has 7 heteroatoms. The fourth-order valence-electron chi connectivity index (χ4n) is 4.80. The van der Waals surface area contributed by atoms with Gasteiger partial charge in [0.15, 0.2) is 0 Å². The maximum Gasteiger partial charge on any atom is 0.134 e. The van der Waals surface area contributed by atoms with Gasteiger partial charge in [0, 0.05) is 38.3 Å². The highest BCUT2D eigenvalue weighted by Crippen LogP contribution is 2.41. The minimum absolute atomic E-state index is 0.407. The van der Waals surface area contributed by atoms with Crippen LogP contribution in [0.25, 0.3) is 11.4 Å². The first-order valence-corrected chi connectivity index (χ1v) is 11.1. The Hall–Kier alpha value is -1.37. The van der Waals surface area contributed by atoms with Crippen molar-refractivity contribution in [3.8, 4) is 11.4 Å². The van der Waals surface area contributed by atoms with Gasteiger partial charge in [0.1, 0.15) is 22.3 Å². The Balaban J connectivity index is 1.42. The Morgan fingerprint density at radius 2 is 1.86 bits per heavy atom. The lowest BCUT2D eigenvalue weighted by molar-refractivity contribution is 0.219. The fraction of sp³-hybridized carbons (Fsp3) is 0.727. The van der Waals surface area contributed by atoms with Crippen LogP contribution in [0.3, 0.4) is 0 Å². The second-order valence-corrected chi connectivity index (χ2v) is 10.7. The van der Waals surface area contributed by atoms with Gasteiger partial charge in [-0.2, -0.15) is 5.10 Å². The third-order valence-electron chi connectivity index (χ3n) is 6.53. The lowest BCUT2D eigenvalue weighted by Crippen LogP contribution is -2.32. The van der Waals surface area contributed by atoms with Gasteiger partial charge in [0.2, 0.25) is 0 Å². The van der Waals surface area contributed by atoms with E-state index in [1.54, 1.807) is 4.68 Å². The van der Waals surface area contributed by atoms with Crippen molar-refractivity contribution in [1.82, 2.24) is 24.7 Å². The van der Waals surface area contributed by atoms with Gasteiger partial charge in [0.25, 0.3) is 0 Å². The van der Waals surface area contributed by atoms with Crippen LogP contribution in [0.15, 0.2) is 10.6 Å². The molecule has 0 amide bonds. The van der Waals surface area contributed by atoms with E-state index in [2.05, 4.69) is 40.8 Å². The van der Waals surface area contributed by atoms with Crippen LogP contribution in [0.5, 0.6) is 0 Å². The van der Waals surface area contributed by atoms with E-state index in [1.807, 2.05) is 20.0 Å². The van der Waals surface area contributed by atoms with Crippen molar-refractivity contribution in [2.24, 2.45) is 17.9 Å². The molecule has 0 N–H and O–H groups in total. The molecule has 2 aliphatic rings. The molecule has 0 radical (unpaired) electrons. The van der Waals surface area contributed by atoms with Crippen LogP contribution >= 0.6 is 11.6 Å². The maximum absolute atomic E-state index is 6.61. The number of hydrogen-bond acceptors (Lipinski definition) is 5. The van der Waals surface area contributed by atoms with Gasteiger partial charge < -0.3 is 9.42 Å². The number of aryl methyl sites for hydroxylation is 2. The van der Waals surface area contributed by atoms with E-state index < -0.39 is 0 Å². The largest absolute Gasteiger partial charge is 0.361 e. The van der Waals surface area contributed by atoms with E-state index in [1.165, 1.54) is 38.9 Å². The Labute approximate surface area is 179 Å². The van der Waals surface area contributed by atoms with Crippen molar-refractivity contribution in [2.45, 2.75) is 53.5 Å². The first kappa shape index (κ1) is 20.9. The second kappa shape index (κ2) is 7.71. The summed E-state index contributed by atoms with van der Waals surface area (Å²) in [7, 11) is 1.89. The van der Waals surface area contributed by atoms with Crippen LogP contribution < -0.4 is 0 Å². The normalized spacial score (nSPS) is 23.7. The number of halogens is 1. The summed E-state index contributed by atoms with van der Waals surface area (Å²) < 4.78 is 7.01. The molecule has 4 rings (SSSR count). The molecule has 160 valence electrons. The molecule has 1 atom stereocenters. The predicted molar refractivity (Wildman–Crippen MR) is 116 cm³/mol. The number of aromatic nitrogens is 3. The minimum Gasteiger partial charge on any atom is -0.361 e. The molecule has 0 saturated carbocycles. The molecule has 1 spiro atoms. The molecular formula is C22H34ClN5O. The zero-order valence-corrected chi connectivity index (χ0v) is 19.2. The third kappa shape index (κ3) is 4.54. The Bertz CT molecular complexity index is 867. The molecule has 6 nitrogen and oxygen atoms in total. The van der Waals surface area contributed by atoms with E-state index in [0.29, 0.717) is 16.0 Å². The number of hydrogen-bond donors (Lipinski definition) is 0. The first-order valence-electron chi connectivity index (χ1n) is 10.7. The molecule has 2 aliphatic heterocycles. The van der Waals surface area contributed by atoms with E-state index in [-0.39, 0.29) is 0 Å². The smallest absolute Gasteiger partial charge is 0.134 e. The summed E-state index contributed by atoms with van der Waals surface area (Å²) in [5.74, 6) is 0.786. The monoisotopic (exact) mass is 419 g/mol. The van der Waals surface area contributed by atoms with Crippen molar-refractivity contribution < 1.29 is 4.52 Å². The highest BCUT2D eigenvalue weighted by molar-refractivity contribution is 6.30. The highest BCUT2D eigenvalue weighted by Gasteiger charge is 2.43. The second-order valence-electron chi connectivity index (χ2n) is 10.4. The molecule has 4 heterocycles. The fourth-order valence-corrected chi connectivity index (χ4v) is 4.99. The molecule has 29 heavy (non-hydrogen) atoms. The van der Waals surface area contributed by atoms with E-state index in [4.69, 9.17) is 16.1 Å². The molecule has 0 aromatic carbocycles. The molecule has 2 aromatic rings. The maximum atomic E-state index is 6.61. The van der Waals surface area contributed by atoms with Crippen LogP contribution in [0.1, 0.15) is 51.4 Å². The average Bonchev–Trinajstić information content (AvgIpc) is 3.40. The Morgan fingerprint density at radius 1 is 1.17 bits per heavy atom. The summed E-state index contributed by atoms with van der Waals surface area (Å²) in [6.07, 6.45) is 3.84. The molecule has 1 unspecified atom stereocenters. The van der Waals surface area contributed by atoms with E-state index in [0.717, 1.165) is 42.3 Å². The van der Waals surface area contributed by atoms with Gasteiger partial charge in [-0.15, -0.1) is 0 Å². The first-order chi connectivity index (χ1) is 13.6. The SMILES string of the molecule is Cc1cc(-c2nn(C)c(Cl)c2CN2CCC3(CCN(CCC(C)(C)C)C3)C2)no1. The van der Waals surface area contributed by atoms with E-state index >= 15 is 0 Å². The molecule has 0 aliphatic carbocycles. The molecule has 0 bridgehead atoms.